The van der Waals surface area contributed by atoms with Crippen LogP contribution >= 0.6 is 11.6 Å². The van der Waals surface area contributed by atoms with Crippen LogP contribution < -0.4 is 16.9 Å². The Kier molecular flexibility index (Phi) is 9.17. The molecular weight excluding hydrogens is 582 g/mol. The van der Waals surface area contributed by atoms with Crippen molar-refractivity contribution in [3.8, 4) is 0 Å². The number of halogens is 1. The van der Waals surface area contributed by atoms with Gasteiger partial charge in [-0.2, -0.15) is 0 Å². The van der Waals surface area contributed by atoms with Crippen LogP contribution in [0.1, 0.15) is 31.8 Å². The molecule has 0 spiro atoms. The summed E-state index contributed by atoms with van der Waals surface area (Å²) in [5.41, 5.74) is 7.52. The van der Waals surface area contributed by atoms with Crippen LogP contribution in [0.4, 0.5) is 5.69 Å². The monoisotopic (exact) mass is 607 g/mol. The van der Waals surface area contributed by atoms with Gasteiger partial charge in [-0.05, 0) is 23.3 Å². The maximum absolute atomic E-state index is 12.2. The Bertz CT molecular complexity index is 1920. The first-order valence-electron chi connectivity index (χ1n) is 13.5. The lowest BCUT2D eigenvalue weighted by Gasteiger charge is -2.08. The molecule has 0 radical (unpaired) electrons. The van der Waals surface area contributed by atoms with Gasteiger partial charge in [-0.15, -0.1) is 0 Å². The topological polar surface area (TPSA) is 144 Å². The summed E-state index contributed by atoms with van der Waals surface area (Å²) in [4.78, 5) is 53.8. The SMILES string of the molecule is Nc1c(C(=O)OCc2ccccc2)c(=O)[nH]c2ccccc12.O=C(OCc1ccccc1)c1c(Cl)c2ccccc2[nH]c1=O. The number of nitrogens with one attached hydrogen (secondary N) is 2. The summed E-state index contributed by atoms with van der Waals surface area (Å²) in [5, 5.41) is 1.33. The number of para-hydroxylation sites is 2. The van der Waals surface area contributed by atoms with Gasteiger partial charge in [0.1, 0.15) is 24.3 Å². The number of hydrogen-bond acceptors (Lipinski definition) is 7. The summed E-state index contributed by atoms with van der Waals surface area (Å²) < 4.78 is 10.4. The van der Waals surface area contributed by atoms with Crippen molar-refractivity contribution in [2.24, 2.45) is 0 Å². The highest BCUT2D eigenvalue weighted by atomic mass is 35.5. The number of carbonyl (C=O) groups is 2. The Morgan fingerprint density at radius 3 is 1.55 bits per heavy atom. The minimum Gasteiger partial charge on any atom is -0.457 e. The lowest BCUT2D eigenvalue weighted by molar-refractivity contribution is 0.0462. The molecule has 0 fully saturated rings. The summed E-state index contributed by atoms with van der Waals surface area (Å²) in [6.07, 6.45) is 0. The number of aromatic nitrogens is 2. The molecule has 2 aromatic heterocycles. The normalized spacial score (nSPS) is 10.6. The van der Waals surface area contributed by atoms with Crippen LogP contribution in [0.2, 0.25) is 5.02 Å². The summed E-state index contributed by atoms with van der Waals surface area (Å²) >= 11 is 6.20. The first kappa shape index (κ1) is 29.8. The standard InChI is InChI=1S/C17H12ClNO3.C17H14N2O3/c2*18-15-12-8-4-5-9-13(12)19-16(20)14(15)17(21)22-10-11-6-2-1-3-7-11/h1-9H,10H2,(H,19,20);1-9H,10H2,(H3,18,19,20). The Labute approximate surface area is 255 Å². The lowest BCUT2D eigenvalue weighted by atomic mass is 10.1. The Balaban J connectivity index is 0.000000175. The van der Waals surface area contributed by atoms with Crippen molar-refractivity contribution in [3.63, 3.8) is 0 Å². The molecule has 9 nitrogen and oxygen atoms in total. The van der Waals surface area contributed by atoms with Crippen molar-refractivity contribution in [1.29, 1.82) is 0 Å². The summed E-state index contributed by atoms with van der Waals surface area (Å²) in [5.74, 6) is -1.46. The molecule has 0 unspecified atom stereocenters. The van der Waals surface area contributed by atoms with E-state index in [1.165, 1.54) is 0 Å². The van der Waals surface area contributed by atoms with E-state index < -0.39 is 23.1 Å². The zero-order valence-electron chi connectivity index (χ0n) is 23.2. The second-order valence-corrected chi connectivity index (χ2v) is 9.98. The van der Waals surface area contributed by atoms with Gasteiger partial charge in [0.2, 0.25) is 0 Å². The Morgan fingerprint density at radius 1 is 0.591 bits per heavy atom. The molecule has 220 valence electrons. The predicted octanol–water partition coefficient (Wildman–Crippen LogP) is 6.01. The van der Waals surface area contributed by atoms with E-state index in [4.69, 9.17) is 26.8 Å². The zero-order valence-corrected chi connectivity index (χ0v) is 24.0. The largest absolute Gasteiger partial charge is 0.457 e. The van der Waals surface area contributed by atoms with Crippen molar-refractivity contribution in [2.75, 3.05) is 5.73 Å². The van der Waals surface area contributed by atoms with Crippen LogP contribution in [0.5, 0.6) is 0 Å². The molecule has 0 amide bonds. The first-order chi connectivity index (χ1) is 21.3. The van der Waals surface area contributed by atoms with Crippen molar-refractivity contribution >= 4 is 51.0 Å². The van der Waals surface area contributed by atoms with Crippen molar-refractivity contribution < 1.29 is 19.1 Å². The number of carbonyl (C=O) groups excluding carboxylic acids is 2. The number of esters is 2. The maximum atomic E-state index is 12.2. The Hall–Kier alpha value is -5.67. The number of benzene rings is 4. The van der Waals surface area contributed by atoms with E-state index >= 15 is 0 Å². The van der Waals surface area contributed by atoms with Gasteiger partial charge in [0.05, 0.1) is 16.2 Å². The molecule has 2 heterocycles. The van der Waals surface area contributed by atoms with E-state index in [0.29, 0.717) is 21.8 Å². The molecule has 0 saturated carbocycles. The number of aromatic amines is 2. The molecule has 0 bridgehead atoms. The number of pyridine rings is 2. The third-order valence-electron chi connectivity index (χ3n) is 6.65. The fourth-order valence-electron chi connectivity index (χ4n) is 4.45. The lowest BCUT2D eigenvalue weighted by Crippen LogP contribution is -2.22. The highest BCUT2D eigenvalue weighted by molar-refractivity contribution is 6.38. The molecule has 0 aliphatic heterocycles. The molecular formula is C34H26ClN3O6. The van der Waals surface area contributed by atoms with Gasteiger partial charge in [0.15, 0.2) is 0 Å². The maximum Gasteiger partial charge on any atom is 0.346 e. The van der Waals surface area contributed by atoms with Gasteiger partial charge in [-0.1, -0.05) is 109 Å². The highest BCUT2D eigenvalue weighted by Crippen LogP contribution is 2.24. The minimum atomic E-state index is -0.735. The second-order valence-electron chi connectivity index (χ2n) is 9.60. The molecule has 10 heteroatoms. The predicted molar refractivity (Wildman–Crippen MR) is 170 cm³/mol. The number of rotatable bonds is 6. The van der Waals surface area contributed by atoms with Crippen molar-refractivity contribution in [1.82, 2.24) is 9.97 Å². The molecule has 0 aliphatic rings. The van der Waals surface area contributed by atoms with E-state index in [0.717, 1.165) is 11.1 Å². The van der Waals surface area contributed by atoms with Crippen molar-refractivity contribution in [3.05, 3.63) is 157 Å². The smallest absolute Gasteiger partial charge is 0.346 e. The average molecular weight is 608 g/mol. The van der Waals surface area contributed by atoms with Crippen LogP contribution in [0.15, 0.2) is 119 Å². The number of ether oxygens (including phenoxy) is 2. The molecule has 4 N–H and O–H groups in total. The number of fused-ring (bicyclic) bond motifs is 2. The van der Waals surface area contributed by atoms with Crippen LogP contribution in [0.3, 0.4) is 0 Å². The van der Waals surface area contributed by atoms with E-state index in [1.54, 1.807) is 48.5 Å². The number of anilines is 1. The van der Waals surface area contributed by atoms with Gasteiger partial charge in [0, 0.05) is 16.3 Å². The fourth-order valence-corrected chi connectivity index (χ4v) is 4.77. The fraction of sp³-hybridized carbons (Fsp3) is 0.0588. The van der Waals surface area contributed by atoms with Gasteiger partial charge >= 0.3 is 11.9 Å². The van der Waals surface area contributed by atoms with Crippen LogP contribution in [-0.2, 0) is 22.7 Å². The van der Waals surface area contributed by atoms with E-state index in [1.807, 2.05) is 60.7 Å². The van der Waals surface area contributed by atoms with E-state index in [2.05, 4.69) is 9.97 Å². The molecule has 44 heavy (non-hydrogen) atoms. The van der Waals surface area contributed by atoms with Gasteiger partial charge in [-0.25, -0.2) is 9.59 Å². The number of H-pyrrole nitrogens is 2. The van der Waals surface area contributed by atoms with Crippen LogP contribution in [-0.4, -0.2) is 21.9 Å². The molecule has 6 rings (SSSR count). The van der Waals surface area contributed by atoms with Gasteiger partial charge in [-0.3, -0.25) is 9.59 Å². The van der Waals surface area contributed by atoms with Crippen molar-refractivity contribution in [2.45, 2.75) is 13.2 Å². The molecule has 0 aliphatic carbocycles. The first-order valence-corrected chi connectivity index (χ1v) is 13.8. The third kappa shape index (κ3) is 6.69. The summed E-state index contributed by atoms with van der Waals surface area (Å²) in [6.45, 7) is 0.174. The summed E-state index contributed by atoms with van der Waals surface area (Å²) in [6, 6.07) is 32.5. The molecule has 0 saturated heterocycles. The molecule has 4 aromatic carbocycles. The zero-order chi connectivity index (χ0) is 31.1. The Morgan fingerprint density at radius 2 is 1.00 bits per heavy atom. The van der Waals surface area contributed by atoms with E-state index in [9.17, 15) is 19.2 Å². The number of nitrogen functional groups attached to an aromatic ring is 1. The highest BCUT2D eigenvalue weighted by Gasteiger charge is 2.20. The van der Waals surface area contributed by atoms with Crippen LogP contribution in [0, 0.1) is 0 Å². The van der Waals surface area contributed by atoms with Gasteiger partial charge in [0.25, 0.3) is 11.1 Å². The number of hydrogen-bond donors (Lipinski definition) is 3. The molecule has 6 aromatic rings. The average Bonchev–Trinajstić information content (AvgIpc) is 3.04. The third-order valence-corrected chi connectivity index (χ3v) is 7.05. The number of nitrogens with two attached hydrogens (primary N) is 1. The van der Waals surface area contributed by atoms with Gasteiger partial charge < -0.3 is 25.2 Å². The summed E-state index contributed by atoms with van der Waals surface area (Å²) in [7, 11) is 0. The quantitative estimate of drug-likeness (QED) is 0.197. The molecule has 0 atom stereocenters. The second kappa shape index (κ2) is 13.5. The van der Waals surface area contributed by atoms with Crippen LogP contribution in [0.25, 0.3) is 21.8 Å². The van der Waals surface area contributed by atoms with E-state index in [-0.39, 0.29) is 35.1 Å². The minimum absolute atomic E-state index is 0.0856.